The third-order valence-corrected chi connectivity index (χ3v) is 2.36. The third kappa shape index (κ3) is 2.91. The number of benzene rings is 2. The Bertz CT molecular complexity index is 550. The van der Waals surface area contributed by atoms with E-state index in [4.69, 9.17) is 4.74 Å². The Morgan fingerprint density at radius 3 is 2.33 bits per heavy atom. The molecule has 2 aromatic carbocycles. The van der Waals surface area contributed by atoms with E-state index < -0.39 is 11.6 Å². The zero-order valence-electron chi connectivity index (χ0n) is 9.40. The van der Waals surface area contributed by atoms with Crippen LogP contribution in [0.25, 0.3) is 0 Å². The van der Waals surface area contributed by atoms with Crippen molar-refractivity contribution in [2.75, 3.05) is 6.61 Å². The van der Waals surface area contributed by atoms with Gasteiger partial charge in [-0.25, -0.2) is 8.78 Å². The SMILES string of the molecule is O=C(COc1ccccc1F)c1ccc(F)cc1. The molecule has 0 N–H and O–H groups in total. The minimum Gasteiger partial charge on any atom is -0.482 e. The van der Waals surface area contributed by atoms with Crippen LogP contribution in [0.5, 0.6) is 5.75 Å². The molecular formula is C14H10F2O2. The molecule has 92 valence electrons. The van der Waals surface area contributed by atoms with Crippen molar-refractivity contribution < 1.29 is 18.3 Å². The number of carbonyl (C=O) groups excluding carboxylic acids is 1. The van der Waals surface area contributed by atoms with Crippen molar-refractivity contribution in [2.24, 2.45) is 0 Å². The van der Waals surface area contributed by atoms with Gasteiger partial charge in [-0.05, 0) is 36.4 Å². The molecule has 2 aromatic rings. The number of rotatable bonds is 4. The number of halogens is 2. The van der Waals surface area contributed by atoms with Gasteiger partial charge in [0.2, 0.25) is 0 Å². The zero-order chi connectivity index (χ0) is 13.0. The van der Waals surface area contributed by atoms with Crippen LogP contribution in [0.4, 0.5) is 8.78 Å². The van der Waals surface area contributed by atoms with Gasteiger partial charge in [-0.1, -0.05) is 12.1 Å². The van der Waals surface area contributed by atoms with Crippen LogP contribution in [-0.2, 0) is 0 Å². The van der Waals surface area contributed by atoms with Crippen molar-refractivity contribution in [1.29, 1.82) is 0 Å². The van der Waals surface area contributed by atoms with Gasteiger partial charge in [0.15, 0.2) is 24.0 Å². The second-order valence-corrected chi connectivity index (χ2v) is 3.65. The minimum atomic E-state index is -0.524. The Labute approximate surface area is 103 Å². The number of para-hydroxylation sites is 1. The van der Waals surface area contributed by atoms with E-state index >= 15 is 0 Å². The number of ether oxygens (including phenoxy) is 1. The smallest absolute Gasteiger partial charge is 0.200 e. The highest BCUT2D eigenvalue weighted by Crippen LogP contribution is 2.15. The number of Topliss-reactive ketones (excluding diaryl/α,β-unsaturated/α-hetero) is 1. The lowest BCUT2D eigenvalue weighted by Gasteiger charge is -2.06. The lowest BCUT2D eigenvalue weighted by molar-refractivity contribution is 0.0918. The highest BCUT2D eigenvalue weighted by Gasteiger charge is 2.08. The van der Waals surface area contributed by atoms with Crippen LogP contribution in [0.1, 0.15) is 10.4 Å². The molecule has 0 amide bonds. The molecule has 0 heterocycles. The molecule has 2 rings (SSSR count). The molecular weight excluding hydrogens is 238 g/mol. The zero-order valence-corrected chi connectivity index (χ0v) is 9.40. The first-order valence-corrected chi connectivity index (χ1v) is 5.33. The molecule has 0 saturated heterocycles. The predicted molar refractivity (Wildman–Crippen MR) is 62.6 cm³/mol. The summed E-state index contributed by atoms with van der Waals surface area (Å²) in [6, 6.07) is 10.9. The van der Waals surface area contributed by atoms with Gasteiger partial charge < -0.3 is 4.74 Å². The van der Waals surface area contributed by atoms with Gasteiger partial charge in [0.05, 0.1) is 0 Å². The number of hydrogen-bond donors (Lipinski definition) is 0. The fourth-order valence-corrected chi connectivity index (χ4v) is 1.42. The molecule has 0 aliphatic rings. The van der Waals surface area contributed by atoms with Crippen LogP contribution in [0.3, 0.4) is 0 Å². The highest BCUT2D eigenvalue weighted by molar-refractivity contribution is 5.97. The second-order valence-electron chi connectivity index (χ2n) is 3.65. The Morgan fingerprint density at radius 2 is 1.67 bits per heavy atom. The fraction of sp³-hybridized carbons (Fsp3) is 0.0714. The van der Waals surface area contributed by atoms with Crippen molar-refractivity contribution >= 4 is 5.78 Å². The summed E-state index contributed by atoms with van der Waals surface area (Å²) in [4.78, 5) is 11.7. The van der Waals surface area contributed by atoms with Gasteiger partial charge in [-0.15, -0.1) is 0 Å². The van der Waals surface area contributed by atoms with Crippen LogP contribution < -0.4 is 4.74 Å². The normalized spacial score (nSPS) is 10.1. The molecule has 0 aliphatic heterocycles. The molecule has 0 aromatic heterocycles. The summed E-state index contributed by atoms with van der Waals surface area (Å²) in [5.41, 5.74) is 0.327. The largest absolute Gasteiger partial charge is 0.482 e. The van der Waals surface area contributed by atoms with Crippen LogP contribution in [0, 0.1) is 11.6 Å². The average Bonchev–Trinajstić information content (AvgIpc) is 2.38. The molecule has 0 bridgehead atoms. The van der Waals surface area contributed by atoms with E-state index in [0.29, 0.717) is 5.56 Å². The van der Waals surface area contributed by atoms with Crippen molar-refractivity contribution in [3.8, 4) is 5.75 Å². The van der Waals surface area contributed by atoms with Gasteiger partial charge in [-0.3, -0.25) is 4.79 Å². The average molecular weight is 248 g/mol. The van der Waals surface area contributed by atoms with Crippen LogP contribution >= 0.6 is 0 Å². The van der Waals surface area contributed by atoms with Gasteiger partial charge >= 0.3 is 0 Å². The van der Waals surface area contributed by atoms with E-state index in [2.05, 4.69) is 0 Å². The molecule has 0 atom stereocenters. The van der Waals surface area contributed by atoms with E-state index in [9.17, 15) is 13.6 Å². The number of hydrogen-bond acceptors (Lipinski definition) is 2. The van der Waals surface area contributed by atoms with Gasteiger partial charge in [0.1, 0.15) is 5.82 Å². The number of ketones is 1. The van der Waals surface area contributed by atoms with E-state index in [1.165, 1.54) is 42.5 Å². The monoisotopic (exact) mass is 248 g/mol. The summed E-state index contributed by atoms with van der Waals surface area (Å²) in [6.07, 6.45) is 0. The maximum Gasteiger partial charge on any atom is 0.200 e. The van der Waals surface area contributed by atoms with Gasteiger partial charge in [0, 0.05) is 5.56 Å². The molecule has 0 fully saturated rings. The summed E-state index contributed by atoms with van der Waals surface area (Å²) in [6.45, 7) is -0.285. The lowest BCUT2D eigenvalue weighted by atomic mass is 10.1. The summed E-state index contributed by atoms with van der Waals surface area (Å²) < 4.78 is 30.9. The molecule has 0 spiro atoms. The molecule has 0 unspecified atom stereocenters. The minimum absolute atomic E-state index is 0.0213. The second kappa shape index (κ2) is 5.40. The maximum atomic E-state index is 13.2. The quantitative estimate of drug-likeness (QED) is 0.776. The van der Waals surface area contributed by atoms with E-state index in [1.807, 2.05) is 0 Å². The van der Waals surface area contributed by atoms with Crippen molar-refractivity contribution in [3.63, 3.8) is 0 Å². The fourth-order valence-electron chi connectivity index (χ4n) is 1.42. The lowest BCUT2D eigenvalue weighted by Crippen LogP contribution is -2.12. The third-order valence-electron chi connectivity index (χ3n) is 2.36. The molecule has 0 aliphatic carbocycles. The Balaban J connectivity index is 2.01. The van der Waals surface area contributed by atoms with E-state index in [-0.39, 0.29) is 18.1 Å². The van der Waals surface area contributed by atoms with E-state index in [0.717, 1.165) is 0 Å². The standard InChI is InChI=1S/C14H10F2O2/c15-11-7-5-10(6-8-11)13(17)9-18-14-4-2-1-3-12(14)16/h1-8H,9H2. The topological polar surface area (TPSA) is 26.3 Å². The molecule has 0 saturated carbocycles. The first kappa shape index (κ1) is 12.2. The van der Waals surface area contributed by atoms with Gasteiger partial charge in [-0.2, -0.15) is 0 Å². The van der Waals surface area contributed by atoms with Crippen molar-refractivity contribution in [1.82, 2.24) is 0 Å². The summed E-state index contributed by atoms with van der Waals surface area (Å²) in [5, 5.41) is 0. The van der Waals surface area contributed by atoms with Crippen LogP contribution in [0.2, 0.25) is 0 Å². The highest BCUT2D eigenvalue weighted by atomic mass is 19.1. The summed E-state index contributed by atoms with van der Waals surface area (Å²) >= 11 is 0. The Hall–Kier alpha value is -2.23. The summed E-state index contributed by atoms with van der Waals surface area (Å²) in [5.74, 6) is -1.25. The molecule has 4 heteroatoms. The molecule has 0 radical (unpaired) electrons. The van der Waals surface area contributed by atoms with Crippen LogP contribution in [-0.4, -0.2) is 12.4 Å². The van der Waals surface area contributed by atoms with Crippen molar-refractivity contribution in [3.05, 3.63) is 65.7 Å². The van der Waals surface area contributed by atoms with Crippen molar-refractivity contribution in [2.45, 2.75) is 0 Å². The molecule has 18 heavy (non-hydrogen) atoms. The number of carbonyl (C=O) groups is 1. The predicted octanol–water partition coefficient (Wildman–Crippen LogP) is 3.23. The Kier molecular flexibility index (Phi) is 3.67. The first-order valence-electron chi connectivity index (χ1n) is 5.33. The maximum absolute atomic E-state index is 13.2. The van der Waals surface area contributed by atoms with Crippen LogP contribution in [0.15, 0.2) is 48.5 Å². The Morgan fingerprint density at radius 1 is 1.00 bits per heavy atom. The van der Waals surface area contributed by atoms with Gasteiger partial charge in [0.25, 0.3) is 0 Å². The summed E-state index contributed by atoms with van der Waals surface area (Å²) in [7, 11) is 0. The molecule has 2 nitrogen and oxygen atoms in total. The first-order chi connectivity index (χ1) is 8.66. The van der Waals surface area contributed by atoms with E-state index in [1.54, 1.807) is 6.07 Å².